The van der Waals surface area contributed by atoms with Crippen LogP contribution < -0.4 is 0 Å². The average molecular weight is 354 g/mol. The van der Waals surface area contributed by atoms with Crippen LogP contribution in [-0.4, -0.2) is 43.5 Å². The van der Waals surface area contributed by atoms with Crippen molar-refractivity contribution in [1.29, 1.82) is 0 Å². The number of hydrogen-bond donors (Lipinski definition) is 0. The molecule has 0 aromatic heterocycles. The van der Waals surface area contributed by atoms with Gasteiger partial charge in [-0.3, -0.25) is 9.59 Å². The Hall–Kier alpha value is -1.34. The van der Waals surface area contributed by atoms with Gasteiger partial charge in [0.25, 0.3) is 0 Å². The SMILES string of the molecule is C/C=C/C(CC(C(=O)OCC)C(=O)OCC)B1OC(C)(C)C(C)(C)O1. The summed E-state index contributed by atoms with van der Waals surface area (Å²) in [6.45, 7) is 13.6. The van der Waals surface area contributed by atoms with Gasteiger partial charge in [-0.25, -0.2) is 0 Å². The van der Waals surface area contributed by atoms with Gasteiger partial charge < -0.3 is 18.8 Å². The summed E-state index contributed by atoms with van der Waals surface area (Å²) in [6.07, 6.45) is 3.97. The van der Waals surface area contributed by atoms with E-state index in [0.29, 0.717) is 0 Å². The molecule has 1 atom stereocenters. The van der Waals surface area contributed by atoms with Crippen LogP contribution >= 0.6 is 0 Å². The lowest BCUT2D eigenvalue weighted by Gasteiger charge is -2.32. The second-order valence-corrected chi connectivity index (χ2v) is 7.11. The molecule has 1 heterocycles. The van der Waals surface area contributed by atoms with E-state index in [4.69, 9.17) is 18.8 Å². The van der Waals surface area contributed by atoms with E-state index in [1.165, 1.54) is 0 Å². The van der Waals surface area contributed by atoms with Gasteiger partial charge in [0.15, 0.2) is 5.92 Å². The largest absolute Gasteiger partial charge is 0.465 e. The summed E-state index contributed by atoms with van der Waals surface area (Å²) in [7, 11) is -0.549. The summed E-state index contributed by atoms with van der Waals surface area (Å²) in [5, 5.41) is 0. The number of hydrogen-bond acceptors (Lipinski definition) is 6. The molecule has 0 bridgehead atoms. The zero-order valence-electron chi connectivity index (χ0n) is 16.5. The van der Waals surface area contributed by atoms with Crippen molar-refractivity contribution in [2.24, 2.45) is 5.92 Å². The van der Waals surface area contributed by atoms with Crippen molar-refractivity contribution in [3.05, 3.63) is 12.2 Å². The quantitative estimate of drug-likeness (QED) is 0.289. The lowest BCUT2D eigenvalue weighted by molar-refractivity contribution is -0.161. The molecule has 0 amide bonds. The predicted octanol–water partition coefficient (Wildman–Crippen LogP) is 3.16. The Morgan fingerprint density at radius 1 is 1.00 bits per heavy atom. The Morgan fingerprint density at radius 3 is 1.80 bits per heavy atom. The summed E-state index contributed by atoms with van der Waals surface area (Å²) in [4.78, 5) is 24.5. The molecule has 1 aliphatic rings. The second-order valence-electron chi connectivity index (χ2n) is 7.11. The van der Waals surface area contributed by atoms with Crippen molar-refractivity contribution in [3.8, 4) is 0 Å². The molecule has 6 nitrogen and oxygen atoms in total. The van der Waals surface area contributed by atoms with Crippen LogP contribution in [-0.2, 0) is 28.4 Å². The van der Waals surface area contributed by atoms with Crippen LogP contribution in [0.3, 0.4) is 0 Å². The van der Waals surface area contributed by atoms with Crippen LogP contribution in [0.15, 0.2) is 12.2 Å². The minimum Gasteiger partial charge on any atom is -0.465 e. The van der Waals surface area contributed by atoms with Crippen molar-refractivity contribution in [2.45, 2.75) is 71.9 Å². The van der Waals surface area contributed by atoms with Crippen molar-refractivity contribution < 1.29 is 28.4 Å². The summed E-state index contributed by atoms with van der Waals surface area (Å²) in [5.41, 5.74) is -0.971. The first-order valence-corrected chi connectivity index (χ1v) is 8.91. The predicted molar refractivity (Wildman–Crippen MR) is 96.0 cm³/mol. The number of carbonyl (C=O) groups is 2. The Morgan fingerprint density at radius 2 is 1.44 bits per heavy atom. The van der Waals surface area contributed by atoms with Crippen molar-refractivity contribution >= 4 is 19.1 Å². The normalized spacial score (nSPS) is 20.1. The Bertz CT molecular complexity index is 466. The number of ether oxygens (including phenoxy) is 2. The maximum absolute atomic E-state index is 12.2. The van der Waals surface area contributed by atoms with E-state index in [0.717, 1.165) is 0 Å². The lowest BCUT2D eigenvalue weighted by Crippen LogP contribution is -2.41. The molecule has 142 valence electrons. The molecule has 0 N–H and O–H groups in total. The standard InChI is InChI=1S/C18H31BO6/c1-8-11-13(19-24-17(4,5)18(6,7)25-19)12-14(15(20)22-9-2)16(21)23-10-3/h8,11,13-14H,9-10,12H2,1-7H3/b11-8+. The van der Waals surface area contributed by atoms with E-state index in [1.54, 1.807) is 13.8 Å². The third-order valence-corrected chi connectivity index (χ3v) is 4.71. The van der Waals surface area contributed by atoms with E-state index in [2.05, 4.69) is 0 Å². The molecular weight excluding hydrogens is 323 g/mol. The molecule has 1 aliphatic heterocycles. The fourth-order valence-corrected chi connectivity index (χ4v) is 2.64. The molecule has 1 unspecified atom stereocenters. The van der Waals surface area contributed by atoms with Gasteiger partial charge in [-0.15, -0.1) is 0 Å². The maximum Gasteiger partial charge on any atom is 0.465 e. The van der Waals surface area contributed by atoms with Gasteiger partial charge in [0.1, 0.15) is 0 Å². The molecule has 0 saturated carbocycles. The summed E-state index contributed by atoms with van der Waals surface area (Å²) in [5.74, 6) is -2.43. The van der Waals surface area contributed by atoms with Gasteiger partial charge in [-0.05, 0) is 54.9 Å². The minimum atomic E-state index is -1.000. The van der Waals surface area contributed by atoms with Gasteiger partial charge in [0.05, 0.1) is 24.4 Å². The van der Waals surface area contributed by atoms with Gasteiger partial charge in [0.2, 0.25) is 0 Å². The van der Waals surface area contributed by atoms with Gasteiger partial charge in [-0.1, -0.05) is 12.2 Å². The fourth-order valence-electron chi connectivity index (χ4n) is 2.64. The van der Waals surface area contributed by atoms with Gasteiger partial charge in [0, 0.05) is 5.82 Å². The number of carbonyl (C=O) groups excluding carboxylic acids is 2. The molecule has 0 aromatic carbocycles. The molecule has 0 radical (unpaired) electrons. The number of rotatable bonds is 8. The summed E-state index contributed by atoms with van der Waals surface area (Å²) in [6, 6.07) is 0. The average Bonchev–Trinajstić information content (AvgIpc) is 2.72. The van der Waals surface area contributed by atoms with Gasteiger partial charge in [-0.2, -0.15) is 0 Å². The maximum atomic E-state index is 12.2. The lowest BCUT2D eigenvalue weighted by atomic mass is 9.67. The minimum absolute atomic E-state index is 0.207. The highest BCUT2D eigenvalue weighted by Crippen LogP contribution is 2.42. The van der Waals surface area contributed by atoms with E-state index < -0.39 is 36.2 Å². The first-order chi connectivity index (χ1) is 11.6. The highest BCUT2D eigenvalue weighted by molar-refractivity contribution is 6.48. The molecular formula is C18H31BO6. The van der Waals surface area contributed by atoms with Crippen LogP contribution in [0.1, 0.15) is 54.9 Å². The third-order valence-electron chi connectivity index (χ3n) is 4.71. The summed E-state index contributed by atoms with van der Waals surface area (Å²) >= 11 is 0. The van der Waals surface area contributed by atoms with Crippen LogP contribution in [0.4, 0.5) is 0 Å². The van der Waals surface area contributed by atoms with Crippen molar-refractivity contribution in [3.63, 3.8) is 0 Å². The zero-order valence-corrected chi connectivity index (χ0v) is 16.5. The van der Waals surface area contributed by atoms with E-state index in [9.17, 15) is 9.59 Å². The fraction of sp³-hybridized carbons (Fsp3) is 0.778. The highest BCUT2D eigenvalue weighted by Gasteiger charge is 2.54. The zero-order chi connectivity index (χ0) is 19.3. The van der Waals surface area contributed by atoms with Crippen LogP contribution in [0.2, 0.25) is 5.82 Å². The molecule has 0 aliphatic carbocycles. The molecule has 1 saturated heterocycles. The molecule has 0 spiro atoms. The number of esters is 2. The van der Waals surface area contributed by atoms with Crippen LogP contribution in [0, 0.1) is 5.92 Å². The molecule has 25 heavy (non-hydrogen) atoms. The van der Waals surface area contributed by atoms with Crippen molar-refractivity contribution in [1.82, 2.24) is 0 Å². The Labute approximate surface area is 151 Å². The van der Waals surface area contributed by atoms with E-state index in [1.807, 2.05) is 46.8 Å². The highest BCUT2D eigenvalue weighted by atomic mass is 16.7. The molecule has 1 rings (SSSR count). The first kappa shape index (κ1) is 21.7. The number of allylic oxidation sites excluding steroid dienone is 2. The topological polar surface area (TPSA) is 71.1 Å². The van der Waals surface area contributed by atoms with Crippen LogP contribution in [0.25, 0.3) is 0 Å². The first-order valence-electron chi connectivity index (χ1n) is 8.91. The molecule has 1 fully saturated rings. The smallest absolute Gasteiger partial charge is 0.465 e. The summed E-state index contributed by atoms with van der Waals surface area (Å²) < 4.78 is 22.3. The third kappa shape index (κ3) is 5.32. The second kappa shape index (κ2) is 8.85. The van der Waals surface area contributed by atoms with E-state index in [-0.39, 0.29) is 25.5 Å². The Kier molecular flexibility index (Phi) is 7.69. The van der Waals surface area contributed by atoms with Crippen molar-refractivity contribution in [2.75, 3.05) is 13.2 Å². The Balaban J connectivity index is 3.00. The van der Waals surface area contributed by atoms with Crippen LogP contribution in [0.5, 0.6) is 0 Å². The molecule has 0 aromatic rings. The monoisotopic (exact) mass is 354 g/mol. The van der Waals surface area contributed by atoms with E-state index >= 15 is 0 Å². The molecule has 7 heteroatoms. The van der Waals surface area contributed by atoms with Gasteiger partial charge >= 0.3 is 19.1 Å².